The van der Waals surface area contributed by atoms with Crippen LogP contribution in [0, 0.1) is 0 Å². The summed E-state index contributed by atoms with van der Waals surface area (Å²) >= 11 is 0. The first kappa shape index (κ1) is 14.2. The van der Waals surface area contributed by atoms with Gasteiger partial charge in [0.1, 0.15) is 4.90 Å². The normalized spacial score (nSPS) is 11.1. The van der Waals surface area contributed by atoms with Gasteiger partial charge >= 0.3 is 0 Å². The largest absolute Gasteiger partial charge is 0.325 e. The maximum absolute atomic E-state index is 11.9. The highest BCUT2D eigenvalue weighted by Gasteiger charge is 2.15. The molecule has 0 aliphatic rings. The van der Waals surface area contributed by atoms with Crippen LogP contribution in [0.5, 0.6) is 0 Å². The fourth-order valence-electron chi connectivity index (χ4n) is 1.70. The van der Waals surface area contributed by atoms with Gasteiger partial charge in [0.15, 0.2) is 0 Å². The number of pyridine rings is 1. The van der Waals surface area contributed by atoms with Gasteiger partial charge in [0.2, 0.25) is 15.9 Å². The van der Waals surface area contributed by atoms with Gasteiger partial charge in [0.25, 0.3) is 0 Å². The molecular formula is C13H13N3O3S. The van der Waals surface area contributed by atoms with Crippen LogP contribution in [0.15, 0.2) is 53.7 Å². The second-order valence-electron chi connectivity index (χ2n) is 4.13. The summed E-state index contributed by atoms with van der Waals surface area (Å²) in [6.07, 6.45) is 3.29. The zero-order chi connectivity index (χ0) is 14.6. The van der Waals surface area contributed by atoms with Gasteiger partial charge in [-0.3, -0.25) is 9.78 Å². The molecule has 0 unspecified atom stereocenters. The third-order valence-corrected chi connectivity index (χ3v) is 3.52. The lowest BCUT2D eigenvalue weighted by molar-refractivity contribution is -0.115. The number of nitrogens with one attached hydrogen (secondary N) is 1. The van der Waals surface area contributed by atoms with Crippen molar-refractivity contribution in [2.24, 2.45) is 5.14 Å². The number of nitrogens with two attached hydrogens (primary N) is 1. The lowest BCUT2D eigenvalue weighted by Crippen LogP contribution is -2.19. The second-order valence-corrected chi connectivity index (χ2v) is 5.66. The van der Waals surface area contributed by atoms with Crippen molar-refractivity contribution in [1.29, 1.82) is 0 Å². The minimum atomic E-state index is -3.88. The lowest BCUT2D eigenvalue weighted by Gasteiger charge is -2.09. The summed E-state index contributed by atoms with van der Waals surface area (Å²) in [7, 11) is -3.88. The first-order chi connectivity index (χ1) is 9.47. The highest BCUT2D eigenvalue weighted by atomic mass is 32.2. The van der Waals surface area contributed by atoms with Crippen LogP contribution in [0.2, 0.25) is 0 Å². The van der Waals surface area contributed by atoms with E-state index in [1.165, 1.54) is 18.2 Å². The number of para-hydroxylation sites is 1. The number of benzene rings is 1. The second kappa shape index (κ2) is 5.81. The smallest absolute Gasteiger partial charge is 0.240 e. The molecule has 2 rings (SSSR count). The fourth-order valence-corrected chi connectivity index (χ4v) is 2.39. The Labute approximate surface area is 116 Å². The number of hydrogen-bond donors (Lipinski definition) is 2. The Morgan fingerprint density at radius 2 is 1.95 bits per heavy atom. The molecule has 6 nitrogen and oxygen atoms in total. The van der Waals surface area contributed by atoms with Crippen molar-refractivity contribution in [3.8, 4) is 0 Å². The van der Waals surface area contributed by atoms with E-state index < -0.39 is 10.0 Å². The molecular weight excluding hydrogens is 278 g/mol. The number of nitrogens with zero attached hydrogens (tertiary/aromatic N) is 1. The summed E-state index contributed by atoms with van der Waals surface area (Å²) in [5.41, 5.74) is 0.905. The maximum Gasteiger partial charge on any atom is 0.240 e. The molecule has 1 aromatic heterocycles. The van der Waals surface area contributed by atoms with Crippen molar-refractivity contribution < 1.29 is 13.2 Å². The molecule has 1 aromatic carbocycles. The Morgan fingerprint density at radius 1 is 1.20 bits per heavy atom. The Balaban J connectivity index is 2.17. The first-order valence-electron chi connectivity index (χ1n) is 5.77. The molecule has 20 heavy (non-hydrogen) atoms. The van der Waals surface area contributed by atoms with Gasteiger partial charge in [-0.1, -0.05) is 18.2 Å². The van der Waals surface area contributed by atoms with Gasteiger partial charge in [0, 0.05) is 12.4 Å². The molecule has 0 saturated carbocycles. The van der Waals surface area contributed by atoms with E-state index in [0.29, 0.717) is 0 Å². The molecule has 1 heterocycles. The molecule has 0 bridgehead atoms. The van der Waals surface area contributed by atoms with E-state index in [1.54, 1.807) is 30.6 Å². The minimum absolute atomic E-state index is 0.104. The molecule has 0 spiro atoms. The summed E-state index contributed by atoms with van der Waals surface area (Å²) in [5, 5.41) is 7.64. The molecule has 0 aliphatic heterocycles. The zero-order valence-corrected chi connectivity index (χ0v) is 11.3. The van der Waals surface area contributed by atoms with Crippen molar-refractivity contribution >= 4 is 21.6 Å². The molecule has 0 aliphatic carbocycles. The first-order valence-corrected chi connectivity index (χ1v) is 7.32. The van der Waals surface area contributed by atoms with E-state index in [4.69, 9.17) is 5.14 Å². The third-order valence-electron chi connectivity index (χ3n) is 2.56. The van der Waals surface area contributed by atoms with Crippen LogP contribution in [0.25, 0.3) is 0 Å². The molecule has 2 aromatic rings. The molecule has 0 atom stereocenters. The maximum atomic E-state index is 11.9. The third kappa shape index (κ3) is 3.62. The number of hydrogen-bond acceptors (Lipinski definition) is 4. The number of carbonyl (C=O) groups is 1. The van der Waals surface area contributed by atoms with E-state index in [0.717, 1.165) is 5.56 Å². The highest BCUT2D eigenvalue weighted by molar-refractivity contribution is 7.89. The molecule has 0 saturated heterocycles. The van der Waals surface area contributed by atoms with Crippen LogP contribution in [0.4, 0.5) is 5.69 Å². The number of carbonyl (C=O) groups excluding carboxylic acids is 1. The van der Waals surface area contributed by atoms with Gasteiger partial charge in [-0.25, -0.2) is 13.6 Å². The Morgan fingerprint density at radius 3 is 2.60 bits per heavy atom. The molecule has 7 heteroatoms. The molecule has 3 N–H and O–H groups in total. The predicted octanol–water partition coefficient (Wildman–Crippen LogP) is 0.910. The van der Waals surface area contributed by atoms with E-state index in [-0.39, 0.29) is 22.9 Å². The topological polar surface area (TPSA) is 102 Å². The summed E-state index contributed by atoms with van der Waals surface area (Å²) < 4.78 is 22.8. The van der Waals surface area contributed by atoms with Crippen molar-refractivity contribution in [3.63, 3.8) is 0 Å². The number of anilines is 1. The average Bonchev–Trinajstić information content (AvgIpc) is 2.39. The number of amides is 1. The van der Waals surface area contributed by atoms with Gasteiger partial charge < -0.3 is 5.32 Å². The molecule has 0 radical (unpaired) electrons. The van der Waals surface area contributed by atoms with E-state index in [9.17, 15) is 13.2 Å². The SMILES string of the molecule is NS(=O)(=O)c1ccccc1NC(=O)Cc1cccnc1. The fraction of sp³-hybridized carbons (Fsp3) is 0.0769. The van der Waals surface area contributed by atoms with Crippen molar-refractivity contribution in [1.82, 2.24) is 4.98 Å². The highest BCUT2D eigenvalue weighted by Crippen LogP contribution is 2.19. The molecule has 104 valence electrons. The zero-order valence-electron chi connectivity index (χ0n) is 10.5. The van der Waals surface area contributed by atoms with Crippen LogP contribution in [-0.4, -0.2) is 19.3 Å². The predicted molar refractivity (Wildman–Crippen MR) is 74.4 cm³/mol. The minimum Gasteiger partial charge on any atom is -0.325 e. The number of aromatic nitrogens is 1. The number of rotatable bonds is 4. The lowest BCUT2D eigenvalue weighted by atomic mass is 10.2. The standard InChI is InChI=1S/C13H13N3O3S/c14-20(18,19)12-6-2-1-5-11(12)16-13(17)8-10-4-3-7-15-9-10/h1-7,9H,8H2,(H,16,17)(H2,14,18,19). The molecule has 0 fully saturated rings. The number of primary sulfonamides is 1. The monoisotopic (exact) mass is 291 g/mol. The Kier molecular flexibility index (Phi) is 4.11. The quantitative estimate of drug-likeness (QED) is 0.874. The van der Waals surface area contributed by atoms with Crippen LogP contribution in [0.3, 0.4) is 0 Å². The van der Waals surface area contributed by atoms with Gasteiger partial charge in [-0.05, 0) is 23.8 Å². The summed E-state index contributed by atoms with van der Waals surface area (Å²) in [6.45, 7) is 0. The van der Waals surface area contributed by atoms with Gasteiger partial charge in [0.05, 0.1) is 12.1 Å². The number of sulfonamides is 1. The van der Waals surface area contributed by atoms with E-state index >= 15 is 0 Å². The molecule has 1 amide bonds. The van der Waals surface area contributed by atoms with Crippen LogP contribution >= 0.6 is 0 Å². The van der Waals surface area contributed by atoms with E-state index in [1.807, 2.05) is 0 Å². The van der Waals surface area contributed by atoms with Crippen molar-refractivity contribution in [2.45, 2.75) is 11.3 Å². The Bertz CT molecular complexity index is 715. The van der Waals surface area contributed by atoms with Crippen molar-refractivity contribution in [3.05, 3.63) is 54.4 Å². The van der Waals surface area contributed by atoms with Crippen LogP contribution in [0.1, 0.15) is 5.56 Å². The van der Waals surface area contributed by atoms with Crippen molar-refractivity contribution in [2.75, 3.05) is 5.32 Å². The Hall–Kier alpha value is -2.25. The summed E-state index contributed by atoms with van der Waals surface area (Å²) in [4.78, 5) is 15.7. The summed E-state index contributed by atoms with van der Waals surface area (Å²) in [5.74, 6) is -0.339. The summed E-state index contributed by atoms with van der Waals surface area (Å²) in [6, 6.07) is 9.47. The van der Waals surface area contributed by atoms with Gasteiger partial charge in [-0.15, -0.1) is 0 Å². The van der Waals surface area contributed by atoms with Gasteiger partial charge in [-0.2, -0.15) is 0 Å². The van der Waals surface area contributed by atoms with Crippen LogP contribution < -0.4 is 10.5 Å². The van der Waals surface area contributed by atoms with Crippen LogP contribution in [-0.2, 0) is 21.2 Å². The van der Waals surface area contributed by atoms with E-state index in [2.05, 4.69) is 10.3 Å². The average molecular weight is 291 g/mol.